The highest BCUT2D eigenvalue weighted by atomic mass is 16.5. The summed E-state index contributed by atoms with van der Waals surface area (Å²) < 4.78 is 7.45. The largest absolute Gasteiger partial charge is 0.484 e. The van der Waals surface area contributed by atoms with Crippen molar-refractivity contribution in [1.82, 2.24) is 19.5 Å². The van der Waals surface area contributed by atoms with Gasteiger partial charge in [-0.15, -0.1) is 0 Å². The molecular formula is C18H18N4O2. The minimum atomic E-state index is -0.0127. The Labute approximate surface area is 139 Å². The molecule has 3 aromatic rings. The van der Waals surface area contributed by atoms with Crippen LogP contribution in [-0.4, -0.2) is 38.6 Å². The fraction of sp³-hybridized carbons (Fsp3) is 0.278. The van der Waals surface area contributed by atoms with E-state index in [1.807, 2.05) is 58.9 Å². The first kappa shape index (κ1) is 14.7. The highest BCUT2D eigenvalue weighted by molar-refractivity contribution is 5.78. The van der Waals surface area contributed by atoms with E-state index in [9.17, 15) is 4.79 Å². The Morgan fingerprint density at radius 1 is 1.29 bits per heavy atom. The van der Waals surface area contributed by atoms with Crippen LogP contribution in [0.15, 0.2) is 42.6 Å². The molecule has 1 aromatic carbocycles. The molecule has 0 fully saturated rings. The number of rotatable bonds is 3. The van der Waals surface area contributed by atoms with Crippen LogP contribution in [0.5, 0.6) is 5.75 Å². The van der Waals surface area contributed by atoms with Gasteiger partial charge in [-0.2, -0.15) is 5.10 Å². The monoisotopic (exact) mass is 322 g/mol. The predicted octanol–water partition coefficient (Wildman–Crippen LogP) is 2.00. The molecule has 0 saturated heterocycles. The van der Waals surface area contributed by atoms with E-state index in [1.165, 1.54) is 0 Å². The van der Waals surface area contributed by atoms with Crippen molar-refractivity contribution in [3.63, 3.8) is 0 Å². The maximum atomic E-state index is 12.4. The van der Waals surface area contributed by atoms with E-state index in [4.69, 9.17) is 4.74 Å². The van der Waals surface area contributed by atoms with Gasteiger partial charge in [-0.3, -0.25) is 4.79 Å². The van der Waals surface area contributed by atoms with Crippen LogP contribution in [-0.2, 0) is 17.8 Å². The number of amides is 1. The lowest BCUT2D eigenvalue weighted by Gasteiger charge is -2.28. The molecular weight excluding hydrogens is 304 g/mol. The lowest BCUT2D eigenvalue weighted by Crippen LogP contribution is -2.39. The molecule has 0 saturated carbocycles. The zero-order chi connectivity index (χ0) is 16.5. The zero-order valence-corrected chi connectivity index (χ0v) is 13.5. The number of carbonyl (C=O) groups excluding carboxylic acids is 1. The third kappa shape index (κ3) is 2.71. The molecule has 0 spiro atoms. The molecule has 24 heavy (non-hydrogen) atoms. The number of carbonyl (C=O) groups is 1. The van der Waals surface area contributed by atoms with Crippen LogP contribution in [0.2, 0.25) is 0 Å². The Kier molecular flexibility index (Phi) is 3.65. The van der Waals surface area contributed by atoms with Gasteiger partial charge in [-0.25, -0.2) is 9.50 Å². The molecule has 1 aliphatic heterocycles. The molecule has 0 radical (unpaired) electrons. The van der Waals surface area contributed by atoms with Crippen LogP contribution in [0.4, 0.5) is 0 Å². The molecule has 2 aromatic heterocycles. The maximum Gasteiger partial charge on any atom is 0.260 e. The summed E-state index contributed by atoms with van der Waals surface area (Å²) in [7, 11) is 0. The Bertz CT molecular complexity index is 889. The topological polar surface area (TPSA) is 59.7 Å². The van der Waals surface area contributed by atoms with Crippen molar-refractivity contribution in [2.24, 2.45) is 0 Å². The Hall–Kier alpha value is -2.89. The van der Waals surface area contributed by atoms with Crippen molar-refractivity contribution in [1.29, 1.82) is 0 Å². The first-order valence-corrected chi connectivity index (χ1v) is 7.99. The number of ether oxygens (including phenoxy) is 1. The van der Waals surface area contributed by atoms with Crippen LogP contribution >= 0.6 is 0 Å². The number of hydrogen-bond acceptors (Lipinski definition) is 4. The van der Waals surface area contributed by atoms with Crippen LogP contribution in [0, 0.1) is 6.92 Å². The summed E-state index contributed by atoms with van der Waals surface area (Å²) in [5, 5.41) is 4.50. The molecule has 0 N–H and O–H groups in total. The summed E-state index contributed by atoms with van der Waals surface area (Å²) in [4.78, 5) is 18.7. The van der Waals surface area contributed by atoms with Crippen molar-refractivity contribution in [3.8, 4) is 5.75 Å². The highest BCUT2D eigenvalue weighted by Gasteiger charge is 2.23. The summed E-state index contributed by atoms with van der Waals surface area (Å²) in [6.45, 7) is 3.23. The molecule has 6 heteroatoms. The van der Waals surface area contributed by atoms with E-state index >= 15 is 0 Å². The summed E-state index contributed by atoms with van der Waals surface area (Å²) in [6, 6.07) is 11.4. The Balaban J connectivity index is 1.47. The first-order valence-electron chi connectivity index (χ1n) is 7.99. The molecule has 0 aliphatic carbocycles. The van der Waals surface area contributed by atoms with Crippen LogP contribution in [0.3, 0.4) is 0 Å². The van der Waals surface area contributed by atoms with Gasteiger partial charge in [0.2, 0.25) is 0 Å². The average Bonchev–Trinajstić information content (AvgIpc) is 3.00. The van der Waals surface area contributed by atoms with Crippen molar-refractivity contribution >= 4 is 11.6 Å². The van der Waals surface area contributed by atoms with Gasteiger partial charge in [-0.05, 0) is 19.1 Å². The van der Waals surface area contributed by atoms with Crippen LogP contribution in [0.1, 0.15) is 17.0 Å². The summed E-state index contributed by atoms with van der Waals surface area (Å²) in [5.41, 5.74) is 4.00. The number of hydrogen-bond donors (Lipinski definition) is 0. The number of fused-ring (bicyclic) bond motifs is 3. The molecule has 3 heterocycles. The standard InChI is InChI=1S/C18H18N4O2/c1-13-9-17-19-10-14-11-21(8-7-16(14)22(17)20-13)18(23)12-24-15-5-3-2-4-6-15/h2-6,9-10H,7-8,11-12H2,1H3. The van der Waals surface area contributed by atoms with Gasteiger partial charge in [0.1, 0.15) is 5.75 Å². The van der Waals surface area contributed by atoms with Gasteiger partial charge in [0.05, 0.1) is 11.4 Å². The second kappa shape index (κ2) is 5.96. The van der Waals surface area contributed by atoms with Crippen LogP contribution in [0.25, 0.3) is 5.65 Å². The smallest absolute Gasteiger partial charge is 0.260 e. The lowest BCUT2D eigenvalue weighted by molar-refractivity contribution is -0.134. The number of nitrogens with zero attached hydrogens (tertiary/aromatic N) is 4. The van der Waals surface area contributed by atoms with Gasteiger partial charge in [0.25, 0.3) is 5.91 Å². The number of aryl methyl sites for hydroxylation is 1. The molecule has 0 atom stereocenters. The molecule has 6 nitrogen and oxygen atoms in total. The predicted molar refractivity (Wildman–Crippen MR) is 88.8 cm³/mol. The third-order valence-electron chi connectivity index (χ3n) is 4.23. The molecule has 1 aliphatic rings. The van der Waals surface area contributed by atoms with Crippen molar-refractivity contribution < 1.29 is 9.53 Å². The summed E-state index contributed by atoms with van der Waals surface area (Å²) in [5.74, 6) is 0.694. The third-order valence-corrected chi connectivity index (χ3v) is 4.23. The summed E-state index contributed by atoms with van der Waals surface area (Å²) in [6.07, 6.45) is 2.62. The molecule has 4 rings (SSSR count). The van der Waals surface area contributed by atoms with Crippen molar-refractivity contribution in [3.05, 3.63) is 59.5 Å². The van der Waals surface area contributed by atoms with Crippen molar-refractivity contribution in [2.45, 2.75) is 19.9 Å². The van der Waals surface area contributed by atoms with Gasteiger partial charge in [0, 0.05) is 37.3 Å². The number of para-hydroxylation sites is 1. The number of benzene rings is 1. The fourth-order valence-electron chi connectivity index (χ4n) is 3.02. The molecule has 122 valence electrons. The average molecular weight is 322 g/mol. The Morgan fingerprint density at radius 2 is 2.12 bits per heavy atom. The van der Waals surface area contributed by atoms with E-state index in [1.54, 1.807) is 0 Å². The fourth-order valence-corrected chi connectivity index (χ4v) is 3.02. The second-order valence-electron chi connectivity index (χ2n) is 5.95. The molecule has 0 unspecified atom stereocenters. The maximum absolute atomic E-state index is 12.4. The zero-order valence-electron chi connectivity index (χ0n) is 13.5. The second-order valence-corrected chi connectivity index (χ2v) is 5.95. The van der Waals surface area contributed by atoms with E-state index in [0.29, 0.717) is 18.8 Å². The van der Waals surface area contributed by atoms with Gasteiger partial charge >= 0.3 is 0 Å². The van der Waals surface area contributed by atoms with E-state index in [0.717, 1.165) is 29.0 Å². The first-order chi connectivity index (χ1) is 11.7. The van der Waals surface area contributed by atoms with E-state index in [2.05, 4.69) is 10.1 Å². The Morgan fingerprint density at radius 3 is 2.96 bits per heavy atom. The highest BCUT2D eigenvalue weighted by Crippen LogP contribution is 2.20. The normalized spacial score (nSPS) is 13.8. The number of aromatic nitrogens is 3. The quantitative estimate of drug-likeness (QED) is 0.740. The van der Waals surface area contributed by atoms with Crippen molar-refractivity contribution in [2.75, 3.05) is 13.2 Å². The summed E-state index contributed by atoms with van der Waals surface area (Å²) >= 11 is 0. The lowest BCUT2D eigenvalue weighted by atomic mass is 10.1. The minimum Gasteiger partial charge on any atom is -0.484 e. The van der Waals surface area contributed by atoms with Gasteiger partial charge in [-0.1, -0.05) is 18.2 Å². The van der Waals surface area contributed by atoms with Gasteiger partial charge in [0.15, 0.2) is 12.3 Å². The molecule has 0 bridgehead atoms. The molecule has 1 amide bonds. The van der Waals surface area contributed by atoms with E-state index < -0.39 is 0 Å². The van der Waals surface area contributed by atoms with Gasteiger partial charge < -0.3 is 9.64 Å². The SMILES string of the molecule is Cc1cc2ncc3c(n2n1)CCN(C(=O)COc1ccccc1)C3. The minimum absolute atomic E-state index is 0.0127. The van der Waals surface area contributed by atoms with Crippen LogP contribution < -0.4 is 4.74 Å². The van der Waals surface area contributed by atoms with E-state index in [-0.39, 0.29) is 12.5 Å².